The molecule has 0 spiro atoms. The van der Waals surface area contributed by atoms with Gasteiger partial charge in [-0.05, 0) is 61.4 Å². The fourth-order valence-electron chi connectivity index (χ4n) is 3.44. The van der Waals surface area contributed by atoms with Gasteiger partial charge in [0.1, 0.15) is 22.4 Å². The van der Waals surface area contributed by atoms with Gasteiger partial charge >= 0.3 is 5.97 Å². The maximum Gasteiger partial charge on any atom is 0.341 e. The summed E-state index contributed by atoms with van der Waals surface area (Å²) in [5.41, 5.74) is 2.05. The van der Waals surface area contributed by atoms with E-state index < -0.39 is 11.9 Å². The molecule has 1 N–H and O–H groups in total. The predicted octanol–water partition coefficient (Wildman–Crippen LogP) is 4.60. The van der Waals surface area contributed by atoms with Crippen LogP contribution in [0.15, 0.2) is 29.8 Å². The van der Waals surface area contributed by atoms with Crippen LogP contribution in [-0.4, -0.2) is 25.6 Å². The number of carbonyl (C=O) groups is 2. The molecule has 156 valence electrons. The summed E-state index contributed by atoms with van der Waals surface area (Å²) in [5, 5.41) is 12.7. The quantitative estimate of drug-likeness (QED) is 0.416. The molecule has 1 unspecified atom stereocenters. The maximum absolute atomic E-state index is 12.8. The number of methoxy groups -OCH3 is 1. The van der Waals surface area contributed by atoms with Gasteiger partial charge in [-0.25, -0.2) is 4.79 Å². The topological polar surface area (TPSA) is 88.4 Å². The lowest BCUT2D eigenvalue weighted by Crippen LogP contribution is -2.17. The summed E-state index contributed by atoms with van der Waals surface area (Å²) in [6.07, 6.45) is 4.15. The number of hydrogen-bond donors (Lipinski definition) is 1. The molecule has 6 nitrogen and oxygen atoms in total. The van der Waals surface area contributed by atoms with E-state index in [-0.39, 0.29) is 12.2 Å². The summed E-state index contributed by atoms with van der Waals surface area (Å²) in [4.78, 5) is 26.5. The fraction of sp³-hybridized carbons (Fsp3) is 0.348. The molecule has 30 heavy (non-hydrogen) atoms. The molecule has 2 aromatic rings. The number of nitrogens with zero attached hydrogens (tertiary/aromatic N) is 1. The third-order valence-corrected chi connectivity index (χ3v) is 6.18. The van der Waals surface area contributed by atoms with Gasteiger partial charge in [0.05, 0.1) is 19.3 Å². The number of amides is 1. The summed E-state index contributed by atoms with van der Waals surface area (Å²) < 4.78 is 10.4. The van der Waals surface area contributed by atoms with E-state index in [0.717, 1.165) is 29.7 Å². The molecule has 0 bridgehead atoms. The van der Waals surface area contributed by atoms with Gasteiger partial charge in [0.15, 0.2) is 0 Å². The van der Waals surface area contributed by atoms with Gasteiger partial charge in [0, 0.05) is 4.88 Å². The summed E-state index contributed by atoms with van der Waals surface area (Å²) in [5.74, 6) is 0.231. The number of fused-ring (bicyclic) bond motifs is 1. The molecule has 1 atom stereocenters. The number of hydrogen-bond acceptors (Lipinski definition) is 6. The highest BCUT2D eigenvalue weighted by Crippen LogP contribution is 2.40. The van der Waals surface area contributed by atoms with Gasteiger partial charge in [0.2, 0.25) is 0 Å². The van der Waals surface area contributed by atoms with Crippen molar-refractivity contribution in [3.05, 3.63) is 51.4 Å². The van der Waals surface area contributed by atoms with E-state index in [1.54, 1.807) is 38.3 Å². The minimum absolute atomic E-state index is 0.0466. The average molecular weight is 425 g/mol. The van der Waals surface area contributed by atoms with E-state index >= 15 is 0 Å². The van der Waals surface area contributed by atoms with Crippen LogP contribution in [0.2, 0.25) is 0 Å². The molecule has 0 saturated carbocycles. The fourth-order valence-corrected chi connectivity index (χ4v) is 4.84. The van der Waals surface area contributed by atoms with Gasteiger partial charge in [-0.1, -0.05) is 19.1 Å². The lowest BCUT2D eigenvalue weighted by Gasteiger charge is -2.18. The van der Waals surface area contributed by atoms with Crippen LogP contribution in [0.3, 0.4) is 0 Å². The van der Waals surface area contributed by atoms with Crippen molar-refractivity contribution < 1.29 is 19.1 Å². The monoisotopic (exact) mass is 424 g/mol. The number of nitrogens with one attached hydrogen (secondary N) is 1. The first-order valence-electron chi connectivity index (χ1n) is 9.85. The van der Waals surface area contributed by atoms with E-state index in [1.165, 1.54) is 17.4 Å². The minimum atomic E-state index is -0.550. The van der Waals surface area contributed by atoms with Crippen molar-refractivity contribution in [3.8, 4) is 11.8 Å². The van der Waals surface area contributed by atoms with Gasteiger partial charge in [-0.3, -0.25) is 4.79 Å². The highest BCUT2D eigenvalue weighted by atomic mass is 32.1. The SMILES string of the molecule is CCOC(=O)c1c(NC(=O)C(C#N)=Cc2ccc(OC)cc2)sc2c1CCC(C)C2. The van der Waals surface area contributed by atoms with Crippen molar-refractivity contribution in [2.45, 2.75) is 33.1 Å². The Morgan fingerprint density at radius 3 is 2.70 bits per heavy atom. The van der Waals surface area contributed by atoms with Gasteiger partial charge in [0.25, 0.3) is 5.91 Å². The summed E-state index contributed by atoms with van der Waals surface area (Å²) in [6, 6.07) is 8.99. The van der Waals surface area contributed by atoms with Crippen LogP contribution in [0, 0.1) is 17.2 Å². The first kappa shape index (κ1) is 21.6. The van der Waals surface area contributed by atoms with Crippen molar-refractivity contribution in [1.29, 1.82) is 5.26 Å². The zero-order valence-electron chi connectivity index (χ0n) is 17.3. The summed E-state index contributed by atoms with van der Waals surface area (Å²) in [7, 11) is 1.57. The number of nitriles is 1. The van der Waals surface area contributed by atoms with Crippen LogP contribution >= 0.6 is 11.3 Å². The molecule has 3 rings (SSSR count). The molecule has 7 heteroatoms. The Labute approximate surface area is 180 Å². The summed E-state index contributed by atoms with van der Waals surface area (Å²) in [6.45, 7) is 4.19. The standard InChI is InChI=1S/C23H24N2O4S/c1-4-29-23(27)20-18-10-5-14(2)11-19(18)30-22(20)25-21(26)16(13-24)12-15-6-8-17(28-3)9-7-15/h6-9,12,14H,4-5,10-11H2,1-3H3,(H,25,26). The predicted molar refractivity (Wildman–Crippen MR) is 117 cm³/mol. The van der Waals surface area contributed by atoms with Crippen molar-refractivity contribution in [1.82, 2.24) is 0 Å². The van der Waals surface area contributed by atoms with Crippen LogP contribution in [-0.2, 0) is 22.4 Å². The Morgan fingerprint density at radius 1 is 1.33 bits per heavy atom. The van der Waals surface area contributed by atoms with E-state index in [1.807, 2.05) is 6.07 Å². The Kier molecular flexibility index (Phi) is 6.91. The smallest absolute Gasteiger partial charge is 0.341 e. The van der Waals surface area contributed by atoms with Gasteiger partial charge in [-0.15, -0.1) is 11.3 Å². The van der Waals surface area contributed by atoms with E-state index in [0.29, 0.717) is 27.8 Å². The largest absolute Gasteiger partial charge is 0.497 e. The zero-order chi connectivity index (χ0) is 21.7. The van der Waals surface area contributed by atoms with Gasteiger partial charge in [-0.2, -0.15) is 5.26 Å². The Morgan fingerprint density at radius 2 is 2.07 bits per heavy atom. The first-order chi connectivity index (χ1) is 14.5. The summed E-state index contributed by atoms with van der Waals surface area (Å²) >= 11 is 1.40. The lowest BCUT2D eigenvalue weighted by molar-refractivity contribution is -0.112. The molecule has 0 fully saturated rings. The van der Waals surface area contributed by atoms with E-state index in [9.17, 15) is 14.9 Å². The molecule has 1 heterocycles. The molecule has 1 aliphatic rings. The number of ether oxygens (including phenoxy) is 2. The molecule has 1 aromatic heterocycles. The second-order valence-electron chi connectivity index (χ2n) is 7.17. The highest BCUT2D eigenvalue weighted by molar-refractivity contribution is 7.17. The van der Waals surface area contributed by atoms with Crippen LogP contribution in [0.5, 0.6) is 5.75 Å². The maximum atomic E-state index is 12.8. The molecule has 0 aliphatic heterocycles. The molecule has 0 radical (unpaired) electrons. The molecule has 1 aliphatic carbocycles. The number of carbonyl (C=O) groups excluding carboxylic acids is 2. The Balaban J connectivity index is 1.90. The minimum Gasteiger partial charge on any atom is -0.497 e. The number of esters is 1. The lowest BCUT2D eigenvalue weighted by atomic mass is 9.88. The zero-order valence-corrected chi connectivity index (χ0v) is 18.1. The molecule has 0 saturated heterocycles. The van der Waals surface area contributed by atoms with Crippen LogP contribution < -0.4 is 10.1 Å². The van der Waals surface area contributed by atoms with Crippen molar-refractivity contribution in [2.24, 2.45) is 5.92 Å². The third kappa shape index (κ3) is 4.71. The van der Waals surface area contributed by atoms with Crippen molar-refractivity contribution in [3.63, 3.8) is 0 Å². The van der Waals surface area contributed by atoms with Crippen LogP contribution in [0.1, 0.15) is 46.6 Å². The first-order valence-corrected chi connectivity index (χ1v) is 10.7. The van der Waals surface area contributed by atoms with Crippen LogP contribution in [0.25, 0.3) is 6.08 Å². The Bertz CT molecular complexity index is 1020. The molecule has 1 amide bonds. The number of benzene rings is 1. The molecular weight excluding hydrogens is 400 g/mol. The second kappa shape index (κ2) is 9.59. The third-order valence-electron chi connectivity index (χ3n) is 5.01. The number of rotatable bonds is 6. The van der Waals surface area contributed by atoms with Gasteiger partial charge < -0.3 is 14.8 Å². The number of anilines is 1. The average Bonchev–Trinajstić information content (AvgIpc) is 3.09. The van der Waals surface area contributed by atoms with E-state index in [2.05, 4.69) is 12.2 Å². The van der Waals surface area contributed by atoms with E-state index in [4.69, 9.17) is 9.47 Å². The second-order valence-corrected chi connectivity index (χ2v) is 8.28. The Hall–Kier alpha value is -3.11. The highest BCUT2D eigenvalue weighted by Gasteiger charge is 2.29. The van der Waals surface area contributed by atoms with Crippen molar-refractivity contribution in [2.75, 3.05) is 19.0 Å². The molecular formula is C23H24N2O4S. The normalized spacial score (nSPS) is 15.7. The van der Waals surface area contributed by atoms with Crippen LogP contribution in [0.4, 0.5) is 5.00 Å². The van der Waals surface area contributed by atoms with Crippen molar-refractivity contribution >= 4 is 34.3 Å². The molecule has 1 aromatic carbocycles. The number of thiophene rings is 1.